The van der Waals surface area contributed by atoms with Crippen molar-refractivity contribution in [3.63, 3.8) is 0 Å². The second-order valence-electron chi connectivity index (χ2n) is 15.3. The van der Waals surface area contributed by atoms with Crippen LogP contribution in [0.25, 0.3) is 57.1 Å². The lowest BCUT2D eigenvalue weighted by Crippen LogP contribution is -2.32. The fourth-order valence-electron chi connectivity index (χ4n) is 6.47. The normalized spacial score (nSPS) is 8.56. The van der Waals surface area contributed by atoms with E-state index in [0.717, 1.165) is 85.1 Å². The third-order valence-electron chi connectivity index (χ3n) is 10.2. The van der Waals surface area contributed by atoms with Gasteiger partial charge in [0.25, 0.3) is 60.8 Å². The Labute approximate surface area is 542 Å². The molecule has 0 aliphatic heterocycles. The molecule has 0 radical (unpaired) electrons. The van der Waals surface area contributed by atoms with Gasteiger partial charge in [-0.25, -0.2) is 42.8 Å². The lowest BCUT2D eigenvalue weighted by atomic mass is 10.1. The smallest absolute Gasteiger partial charge is 0.264 e. The van der Waals surface area contributed by atoms with Gasteiger partial charge < -0.3 is 0 Å². The first kappa shape index (κ1) is 89.4. The average molecular weight is 1240 g/mol. The zero-order chi connectivity index (χ0) is 69.8. The minimum atomic E-state index is 0.792. The zero-order valence-electron chi connectivity index (χ0n) is 60.6. The maximum atomic E-state index is 4.23. The van der Waals surface area contributed by atoms with Gasteiger partial charge in [-0.05, 0) is 75.6 Å². The molecule has 10 aromatic rings. The van der Waals surface area contributed by atoms with Crippen LogP contribution in [0.3, 0.4) is 0 Å². The molecule has 0 amide bonds. The van der Waals surface area contributed by atoms with Crippen molar-refractivity contribution in [1.82, 2.24) is 84.7 Å². The van der Waals surface area contributed by atoms with Gasteiger partial charge in [-0.15, -0.1) is 0 Å². The highest BCUT2D eigenvalue weighted by Gasteiger charge is 2.16. The molecule has 0 unspecified atom stereocenters. The van der Waals surface area contributed by atoms with Gasteiger partial charge in [0, 0.05) is 43.4 Å². The van der Waals surface area contributed by atoms with Crippen molar-refractivity contribution in [2.24, 2.45) is 35.2 Å². The van der Waals surface area contributed by atoms with Crippen LogP contribution in [0, 0.1) is 34.6 Å². The van der Waals surface area contributed by atoms with E-state index in [0.29, 0.717) is 0 Å². The quantitative estimate of drug-likeness (QED) is 0.146. The topological polar surface area (TPSA) is 239 Å². The van der Waals surface area contributed by atoms with Crippen LogP contribution in [0.1, 0.15) is 167 Å². The molecule has 0 bridgehead atoms. The molecule has 0 atom stereocenters. The zero-order valence-corrected chi connectivity index (χ0v) is 60.6. The van der Waals surface area contributed by atoms with Crippen LogP contribution in [-0.2, 0) is 35.2 Å². The minimum Gasteiger partial charge on any atom is -0.264 e. The molecule has 10 aromatic heterocycles. The molecule has 0 saturated carbocycles. The highest BCUT2D eigenvalue weighted by Crippen LogP contribution is 2.18. The lowest BCUT2D eigenvalue weighted by molar-refractivity contribution is -0.666. The summed E-state index contributed by atoms with van der Waals surface area (Å²) < 4.78 is 9.32. The number of aryl methyl sites for hydroxylation is 10. The predicted octanol–water partition coefficient (Wildman–Crippen LogP) is 12.4. The van der Waals surface area contributed by atoms with E-state index in [4.69, 9.17) is 0 Å². The monoisotopic (exact) mass is 1240 g/mol. The number of hydrogen-bond acceptors (Lipinski definition) is 17. The number of nitrogens with zero attached hydrogens (tertiary/aromatic N) is 22. The summed E-state index contributed by atoms with van der Waals surface area (Å²) in [4.78, 5) is 69.2. The Hall–Kier alpha value is -9.34. The summed E-state index contributed by atoms with van der Waals surface area (Å²) in [5.41, 5.74) is 10.1. The number of hydrogen-bond donors (Lipinski definition) is 0. The van der Waals surface area contributed by atoms with Crippen LogP contribution in [0.4, 0.5) is 0 Å². The highest BCUT2D eigenvalue weighted by molar-refractivity contribution is 5.57. The molecule has 490 valence electrons. The van der Waals surface area contributed by atoms with Crippen LogP contribution < -0.4 is 22.8 Å². The minimum absolute atomic E-state index is 0.792. The number of pyridine rings is 3. The Kier molecular flexibility index (Phi) is 59.6. The Balaban J connectivity index is -0.000000312. The molecule has 0 aliphatic rings. The van der Waals surface area contributed by atoms with Crippen molar-refractivity contribution in [3.05, 3.63) is 172 Å². The van der Waals surface area contributed by atoms with Gasteiger partial charge in [0.2, 0.25) is 31.6 Å². The van der Waals surface area contributed by atoms with Gasteiger partial charge in [0.1, 0.15) is 18.3 Å². The summed E-state index contributed by atoms with van der Waals surface area (Å²) in [5.74, 6) is 4.27. The summed E-state index contributed by atoms with van der Waals surface area (Å²) in [6, 6.07) is 7.84. The van der Waals surface area contributed by atoms with E-state index < -0.39 is 0 Å². The van der Waals surface area contributed by atoms with E-state index in [1.807, 2.05) is 268 Å². The first-order valence-corrected chi connectivity index (χ1v) is 31.5. The van der Waals surface area contributed by atoms with Gasteiger partial charge in [-0.3, -0.25) is 15.0 Å². The van der Waals surface area contributed by atoms with E-state index in [1.165, 1.54) is 25.3 Å². The first-order valence-electron chi connectivity index (χ1n) is 31.5. The van der Waals surface area contributed by atoms with Crippen LogP contribution in [0.5, 0.6) is 0 Å². The molecular formula is C68H113N22+5. The number of aromatic nitrogens is 22. The maximum Gasteiger partial charge on any atom is 0.292 e. The molecule has 10 rings (SSSR count). The van der Waals surface area contributed by atoms with Crippen molar-refractivity contribution >= 4 is 0 Å². The highest BCUT2D eigenvalue weighted by atomic mass is 15.1. The molecule has 0 N–H and O–H groups in total. The Bertz CT molecular complexity index is 2570. The average Bonchev–Trinajstić information content (AvgIpc) is 2.35. The van der Waals surface area contributed by atoms with Gasteiger partial charge in [-0.1, -0.05) is 188 Å². The van der Waals surface area contributed by atoms with Gasteiger partial charge in [-0.2, -0.15) is 0 Å². The second-order valence-corrected chi connectivity index (χ2v) is 15.3. The van der Waals surface area contributed by atoms with E-state index >= 15 is 0 Å². The van der Waals surface area contributed by atoms with Crippen molar-refractivity contribution in [1.29, 1.82) is 0 Å². The SMILES string of the molecule is CC.CC.CC.CC.CC.CC.CC.CC.CC.CC.Cc1ccncc1-c1ncnc[n+]1C.Cc1cnccc1-c1ncnc[n+]1C.Cc1cncnc1-c1ncnc[n+]1C.Cc1ncccc1-c1ncnc[n+]1C.Cc1ncncc1-c1ncnc[n+]1C. The summed E-state index contributed by atoms with van der Waals surface area (Å²) >= 11 is 0. The van der Waals surface area contributed by atoms with Crippen molar-refractivity contribution in [2.75, 3.05) is 0 Å². The molecule has 0 fully saturated rings. The summed E-state index contributed by atoms with van der Waals surface area (Å²) in [7, 11) is 9.54. The first-order chi connectivity index (χ1) is 43.9. The van der Waals surface area contributed by atoms with Gasteiger partial charge in [0.05, 0.1) is 68.9 Å². The standard InChI is InChI=1S/3C10H11N4.2C9H10N5.10C2H6/c1-8-5-11-4-3-9(8)10-13-6-12-7-14(10)2;1-8-3-4-11-5-9(8)10-13-6-12-7-14(10)2;1-8-9(4-3-5-12-8)10-13-6-11-7-14(10)2;1-7-8(3-10-4-12-7)9-13-5-11-6-14(9)2;1-7-3-10-4-12-8(7)9-13-5-11-6-14(9)2;10*1-2/h3*3-7H,1-2H3;2*3-6H,1-2H3;10*1-2H3/q5*+1;;;;;;;;;;. The Morgan fingerprint density at radius 3 is 0.956 bits per heavy atom. The maximum absolute atomic E-state index is 4.23. The molecular weight excluding hydrogens is 1120 g/mol. The molecule has 0 saturated heterocycles. The molecule has 22 nitrogen and oxygen atoms in total. The Morgan fingerprint density at radius 2 is 0.567 bits per heavy atom. The third-order valence-corrected chi connectivity index (χ3v) is 10.2. The van der Waals surface area contributed by atoms with Crippen molar-refractivity contribution in [3.8, 4) is 57.1 Å². The van der Waals surface area contributed by atoms with Crippen LogP contribution in [0.15, 0.2) is 144 Å². The summed E-state index contributed by atoms with van der Waals surface area (Å²) in [6.45, 7) is 49.9. The van der Waals surface area contributed by atoms with Crippen LogP contribution >= 0.6 is 0 Å². The fourth-order valence-corrected chi connectivity index (χ4v) is 6.47. The molecule has 10 heterocycles. The van der Waals surface area contributed by atoms with Crippen molar-refractivity contribution < 1.29 is 22.8 Å². The van der Waals surface area contributed by atoms with E-state index in [-0.39, 0.29) is 0 Å². The second kappa shape index (κ2) is 60.0. The van der Waals surface area contributed by atoms with Gasteiger partial charge >= 0.3 is 0 Å². The molecule has 0 aromatic carbocycles. The van der Waals surface area contributed by atoms with Gasteiger partial charge in [0.15, 0.2) is 0 Å². The largest absolute Gasteiger partial charge is 0.292 e. The van der Waals surface area contributed by atoms with E-state index in [2.05, 4.69) is 84.7 Å². The molecule has 0 spiro atoms. The number of rotatable bonds is 5. The van der Waals surface area contributed by atoms with E-state index in [1.54, 1.807) is 81.6 Å². The predicted molar refractivity (Wildman–Crippen MR) is 365 cm³/mol. The molecule has 90 heavy (non-hydrogen) atoms. The van der Waals surface area contributed by atoms with E-state index in [9.17, 15) is 0 Å². The Morgan fingerprint density at radius 1 is 0.244 bits per heavy atom. The fraction of sp³-hybridized carbons (Fsp3) is 0.441. The summed E-state index contributed by atoms with van der Waals surface area (Å²) in [6.07, 6.45) is 31.8. The summed E-state index contributed by atoms with van der Waals surface area (Å²) in [5, 5.41) is 0. The van der Waals surface area contributed by atoms with Crippen molar-refractivity contribution in [2.45, 2.75) is 173 Å². The van der Waals surface area contributed by atoms with Crippen LogP contribution in [-0.4, -0.2) is 84.7 Å². The van der Waals surface area contributed by atoms with Crippen LogP contribution in [0.2, 0.25) is 0 Å². The third kappa shape index (κ3) is 32.6. The molecule has 0 aliphatic carbocycles. The lowest BCUT2D eigenvalue weighted by Gasteiger charge is -2.01. The molecule has 22 heteroatoms.